The Balaban J connectivity index is 1.43. The van der Waals surface area contributed by atoms with Crippen LogP contribution in [0.3, 0.4) is 0 Å². The quantitative estimate of drug-likeness (QED) is 0.634. The van der Waals surface area contributed by atoms with Crippen LogP contribution in [0.25, 0.3) is 10.2 Å². The van der Waals surface area contributed by atoms with E-state index in [1.54, 1.807) is 30.5 Å². The molecule has 0 atom stereocenters. The molecule has 0 saturated carbocycles. The fourth-order valence-corrected chi connectivity index (χ4v) is 4.64. The van der Waals surface area contributed by atoms with E-state index in [1.165, 1.54) is 34.8 Å². The van der Waals surface area contributed by atoms with Gasteiger partial charge in [-0.25, -0.2) is 14.4 Å². The smallest absolute Gasteiger partial charge is 0.260 e. The van der Waals surface area contributed by atoms with Crippen LogP contribution < -0.4 is 9.47 Å². The number of ether oxygens (including phenoxy) is 2. The van der Waals surface area contributed by atoms with E-state index in [2.05, 4.69) is 9.97 Å². The number of rotatable bonds is 6. The van der Waals surface area contributed by atoms with Crippen LogP contribution in [-0.2, 0) is 24.2 Å². The minimum absolute atomic E-state index is 0.133. The Kier molecular flexibility index (Phi) is 5.13. The van der Waals surface area contributed by atoms with Crippen LogP contribution >= 0.6 is 11.3 Å². The van der Waals surface area contributed by atoms with E-state index in [9.17, 15) is 9.18 Å². The first kappa shape index (κ1) is 18.6. The van der Waals surface area contributed by atoms with Crippen molar-refractivity contribution >= 4 is 27.5 Å². The summed E-state index contributed by atoms with van der Waals surface area (Å²) in [6.07, 6.45) is 4.66. The summed E-state index contributed by atoms with van der Waals surface area (Å²) in [6, 6.07) is 4.65. The van der Waals surface area contributed by atoms with Crippen molar-refractivity contribution in [3.63, 3.8) is 0 Å². The maximum absolute atomic E-state index is 13.8. The Morgan fingerprint density at radius 1 is 1.32 bits per heavy atom. The third-order valence-electron chi connectivity index (χ3n) is 4.86. The third-order valence-corrected chi connectivity index (χ3v) is 6.06. The Hall–Kier alpha value is -2.74. The maximum Gasteiger partial charge on any atom is 0.260 e. The van der Waals surface area contributed by atoms with E-state index in [1.807, 2.05) is 0 Å². The van der Waals surface area contributed by atoms with Crippen molar-refractivity contribution in [2.45, 2.75) is 25.8 Å². The van der Waals surface area contributed by atoms with Crippen molar-refractivity contribution in [2.75, 3.05) is 20.8 Å². The van der Waals surface area contributed by atoms with Gasteiger partial charge in [-0.05, 0) is 42.5 Å². The van der Waals surface area contributed by atoms with Crippen LogP contribution in [0.5, 0.6) is 11.6 Å². The van der Waals surface area contributed by atoms with Crippen molar-refractivity contribution in [1.29, 1.82) is 0 Å². The molecular formula is C20H20FN3O3S. The van der Waals surface area contributed by atoms with Crippen molar-refractivity contribution in [2.24, 2.45) is 0 Å². The molecule has 28 heavy (non-hydrogen) atoms. The van der Waals surface area contributed by atoms with Crippen LogP contribution in [0.2, 0.25) is 0 Å². The van der Waals surface area contributed by atoms with Crippen molar-refractivity contribution < 1.29 is 18.7 Å². The second-order valence-electron chi connectivity index (χ2n) is 6.72. The van der Waals surface area contributed by atoms with Gasteiger partial charge in [0.05, 0.1) is 12.5 Å². The molecule has 1 aliphatic carbocycles. The van der Waals surface area contributed by atoms with Gasteiger partial charge in [-0.1, -0.05) is 6.07 Å². The minimum Gasteiger partial charge on any atom is -0.494 e. The van der Waals surface area contributed by atoms with E-state index in [0.29, 0.717) is 11.4 Å². The number of hydrogen-bond acceptors (Lipinski definition) is 6. The number of likely N-dealkylation sites (N-methyl/N-ethyl adjacent to an activating group) is 1. The normalized spacial score (nSPS) is 12.8. The zero-order valence-electron chi connectivity index (χ0n) is 15.7. The average Bonchev–Trinajstić information content (AvgIpc) is 3.27. The molecule has 0 unspecified atom stereocenters. The largest absolute Gasteiger partial charge is 0.494 e. The fraction of sp³-hybridized carbons (Fsp3) is 0.350. The van der Waals surface area contributed by atoms with Crippen molar-refractivity contribution in [3.8, 4) is 11.6 Å². The number of methoxy groups -OCH3 is 1. The highest BCUT2D eigenvalue weighted by Crippen LogP contribution is 2.39. The van der Waals surface area contributed by atoms with Crippen LogP contribution in [0.4, 0.5) is 4.39 Å². The highest BCUT2D eigenvalue weighted by Gasteiger charge is 2.22. The molecular weight excluding hydrogens is 381 g/mol. The van der Waals surface area contributed by atoms with Gasteiger partial charge in [0.25, 0.3) is 5.91 Å². The number of aryl methyl sites for hydroxylation is 2. The maximum atomic E-state index is 13.8. The van der Waals surface area contributed by atoms with Gasteiger partial charge in [-0.15, -0.1) is 11.3 Å². The van der Waals surface area contributed by atoms with Gasteiger partial charge in [0, 0.05) is 18.5 Å². The molecule has 0 fully saturated rings. The SMILES string of the molecule is COc1ccc(CN(C)C(=O)COc2ncnc3sc4c(c23)CCC4)cc1F. The molecule has 8 heteroatoms. The lowest BCUT2D eigenvalue weighted by atomic mass is 10.2. The van der Waals surface area contributed by atoms with Gasteiger partial charge >= 0.3 is 0 Å². The number of fused-ring (bicyclic) bond motifs is 3. The first-order chi connectivity index (χ1) is 13.6. The van der Waals surface area contributed by atoms with E-state index >= 15 is 0 Å². The second-order valence-corrected chi connectivity index (χ2v) is 7.81. The summed E-state index contributed by atoms with van der Waals surface area (Å²) in [6.45, 7) is 0.141. The zero-order chi connectivity index (χ0) is 19.7. The van der Waals surface area contributed by atoms with Gasteiger partial charge in [0.2, 0.25) is 5.88 Å². The molecule has 2 aromatic heterocycles. The highest BCUT2D eigenvalue weighted by molar-refractivity contribution is 7.18. The molecule has 6 nitrogen and oxygen atoms in total. The Labute approximate surface area is 165 Å². The number of carbonyl (C=O) groups is 1. The van der Waals surface area contributed by atoms with E-state index in [4.69, 9.17) is 9.47 Å². The van der Waals surface area contributed by atoms with Gasteiger partial charge < -0.3 is 14.4 Å². The number of carbonyl (C=O) groups excluding carboxylic acids is 1. The molecule has 0 aliphatic heterocycles. The summed E-state index contributed by atoms with van der Waals surface area (Å²) < 4.78 is 24.5. The van der Waals surface area contributed by atoms with Crippen molar-refractivity contribution in [1.82, 2.24) is 14.9 Å². The Morgan fingerprint density at radius 3 is 2.96 bits per heavy atom. The Morgan fingerprint density at radius 2 is 2.18 bits per heavy atom. The molecule has 4 rings (SSSR count). The average molecular weight is 401 g/mol. The van der Waals surface area contributed by atoms with Crippen molar-refractivity contribution in [3.05, 3.63) is 46.3 Å². The van der Waals surface area contributed by atoms with E-state index in [-0.39, 0.29) is 24.8 Å². The number of thiophene rings is 1. The summed E-state index contributed by atoms with van der Waals surface area (Å²) in [5, 5.41) is 0.938. The lowest BCUT2D eigenvalue weighted by molar-refractivity contribution is -0.132. The van der Waals surface area contributed by atoms with E-state index < -0.39 is 5.82 Å². The molecule has 1 aliphatic rings. The molecule has 1 aromatic carbocycles. The second kappa shape index (κ2) is 7.71. The first-order valence-corrected chi connectivity index (χ1v) is 9.83. The molecule has 0 saturated heterocycles. The molecule has 0 spiro atoms. The number of amides is 1. The fourth-order valence-electron chi connectivity index (χ4n) is 3.42. The summed E-state index contributed by atoms with van der Waals surface area (Å²) in [5.41, 5.74) is 1.93. The zero-order valence-corrected chi connectivity index (χ0v) is 16.5. The van der Waals surface area contributed by atoms with Gasteiger partial charge in [-0.2, -0.15) is 0 Å². The van der Waals surface area contributed by atoms with Crippen LogP contribution in [0, 0.1) is 5.82 Å². The summed E-state index contributed by atoms with van der Waals surface area (Å²) in [5.74, 6) is -0.0274. The number of halogens is 1. The molecule has 1 amide bonds. The third kappa shape index (κ3) is 3.52. The van der Waals surface area contributed by atoms with Gasteiger partial charge in [0.15, 0.2) is 18.2 Å². The van der Waals surface area contributed by atoms with Gasteiger partial charge in [-0.3, -0.25) is 4.79 Å². The number of hydrogen-bond donors (Lipinski definition) is 0. The highest BCUT2D eigenvalue weighted by atomic mass is 32.1. The molecule has 0 radical (unpaired) electrons. The molecule has 2 heterocycles. The van der Waals surface area contributed by atoms with Gasteiger partial charge in [0.1, 0.15) is 11.2 Å². The number of aromatic nitrogens is 2. The van der Waals surface area contributed by atoms with Crippen LogP contribution in [0.1, 0.15) is 22.4 Å². The first-order valence-electron chi connectivity index (χ1n) is 9.01. The Bertz CT molecular complexity index is 1040. The topological polar surface area (TPSA) is 64.5 Å². The van der Waals surface area contributed by atoms with Crippen LogP contribution in [0.15, 0.2) is 24.5 Å². The lowest BCUT2D eigenvalue weighted by Gasteiger charge is -2.18. The predicted octanol–water partition coefficient (Wildman–Crippen LogP) is 3.37. The minimum atomic E-state index is -0.452. The lowest BCUT2D eigenvalue weighted by Crippen LogP contribution is -2.31. The molecule has 146 valence electrons. The number of nitrogens with zero attached hydrogens (tertiary/aromatic N) is 3. The number of benzene rings is 1. The molecule has 0 bridgehead atoms. The predicted molar refractivity (Wildman–Crippen MR) is 104 cm³/mol. The summed E-state index contributed by atoms with van der Waals surface area (Å²) >= 11 is 1.67. The van der Waals surface area contributed by atoms with Crippen LogP contribution in [-0.4, -0.2) is 41.5 Å². The molecule has 0 N–H and O–H groups in total. The standard InChI is InChI=1S/C20H20FN3O3S/c1-24(9-12-6-7-15(26-2)14(21)8-12)17(25)10-27-19-18-13-4-3-5-16(13)28-20(18)23-11-22-19/h6-8,11H,3-5,9-10H2,1-2H3. The summed E-state index contributed by atoms with van der Waals surface area (Å²) in [7, 11) is 3.07. The molecule has 3 aromatic rings. The monoisotopic (exact) mass is 401 g/mol. The van der Waals surface area contributed by atoms with E-state index in [0.717, 1.165) is 29.5 Å². The summed E-state index contributed by atoms with van der Waals surface area (Å²) in [4.78, 5) is 24.8.